The van der Waals surface area contributed by atoms with E-state index in [1.807, 2.05) is 19.4 Å². The molecular formula is C16H26N8O. The molecule has 0 aromatic carbocycles. The Balaban J connectivity index is 1.47. The third-order valence-corrected chi connectivity index (χ3v) is 4.45. The van der Waals surface area contributed by atoms with E-state index in [1.165, 1.54) is 0 Å². The first-order valence-corrected chi connectivity index (χ1v) is 8.68. The van der Waals surface area contributed by atoms with Gasteiger partial charge in [0.1, 0.15) is 0 Å². The van der Waals surface area contributed by atoms with Crippen LogP contribution in [0.2, 0.25) is 0 Å². The first-order chi connectivity index (χ1) is 12.1. The van der Waals surface area contributed by atoms with Gasteiger partial charge in [0, 0.05) is 59.6 Å². The number of piperazine rings is 1. The number of nitrogens with zero attached hydrogens (tertiary/aromatic N) is 7. The summed E-state index contributed by atoms with van der Waals surface area (Å²) in [7, 11) is 3.68. The average Bonchev–Trinajstić information content (AvgIpc) is 3.27. The molecule has 25 heavy (non-hydrogen) atoms. The third kappa shape index (κ3) is 4.86. The summed E-state index contributed by atoms with van der Waals surface area (Å²) in [6.45, 7) is 6.47. The van der Waals surface area contributed by atoms with Crippen LogP contribution in [0.4, 0.5) is 0 Å². The molecule has 0 spiro atoms. The largest absolute Gasteiger partial charge is 0.340 e. The van der Waals surface area contributed by atoms with E-state index in [0.717, 1.165) is 51.3 Å². The van der Waals surface area contributed by atoms with Crippen LogP contribution in [0.3, 0.4) is 0 Å². The molecule has 3 heterocycles. The van der Waals surface area contributed by atoms with E-state index < -0.39 is 0 Å². The Morgan fingerprint density at radius 3 is 2.80 bits per heavy atom. The summed E-state index contributed by atoms with van der Waals surface area (Å²) in [6, 6.07) is 0. The summed E-state index contributed by atoms with van der Waals surface area (Å²) in [6.07, 6.45) is 6.30. The summed E-state index contributed by atoms with van der Waals surface area (Å²) < 4.78 is 3.52. The number of amides is 1. The van der Waals surface area contributed by atoms with Crippen LogP contribution in [-0.2, 0) is 20.0 Å². The summed E-state index contributed by atoms with van der Waals surface area (Å²) in [5, 5.41) is 15.6. The van der Waals surface area contributed by atoms with Crippen molar-refractivity contribution in [3.63, 3.8) is 0 Å². The highest BCUT2D eigenvalue weighted by Gasteiger charge is 2.16. The van der Waals surface area contributed by atoms with Gasteiger partial charge in [-0.15, -0.1) is 5.10 Å². The normalized spacial score (nSPS) is 15.4. The van der Waals surface area contributed by atoms with Crippen molar-refractivity contribution in [2.45, 2.75) is 13.0 Å². The predicted molar refractivity (Wildman–Crippen MR) is 93.2 cm³/mol. The van der Waals surface area contributed by atoms with Crippen molar-refractivity contribution >= 4 is 5.91 Å². The Labute approximate surface area is 147 Å². The van der Waals surface area contributed by atoms with Gasteiger partial charge in [-0.2, -0.15) is 5.10 Å². The number of likely N-dealkylation sites (N-methyl/N-ethyl adjacent to an activating group) is 1. The van der Waals surface area contributed by atoms with Gasteiger partial charge in [-0.25, -0.2) is 0 Å². The van der Waals surface area contributed by atoms with Gasteiger partial charge < -0.3 is 10.2 Å². The van der Waals surface area contributed by atoms with E-state index in [1.54, 1.807) is 27.5 Å². The maximum Gasteiger partial charge on any atom is 0.275 e. The van der Waals surface area contributed by atoms with Gasteiger partial charge in [0.15, 0.2) is 5.69 Å². The van der Waals surface area contributed by atoms with Crippen LogP contribution in [-0.4, -0.2) is 86.8 Å². The molecule has 3 rings (SSSR count). The molecule has 0 saturated carbocycles. The molecule has 1 N–H and O–H groups in total. The molecule has 1 aliphatic rings. The molecule has 1 amide bonds. The summed E-state index contributed by atoms with van der Waals surface area (Å²) in [4.78, 5) is 16.5. The fourth-order valence-electron chi connectivity index (χ4n) is 2.88. The van der Waals surface area contributed by atoms with E-state index in [0.29, 0.717) is 12.2 Å². The molecule has 9 nitrogen and oxygen atoms in total. The van der Waals surface area contributed by atoms with Crippen LogP contribution in [0.15, 0.2) is 18.6 Å². The van der Waals surface area contributed by atoms with Gasteiger partial charge in [0.2, 0.25) is 0 Å². The zero-order chi connectivity index (χ0) is 17.6. The second kappa shape index (κ2) is 8.21. The maximum absolute atomic E-state index is 12.5. The lowest BCUT2D eigenvalue weighted by Crippen LogP contribution is -2.44. The first-order valence-electron chi connectivity index (χ1n) is 8.68. The number of aromatic nitrogens is 5. The Morgan fingerprint density at radius 1 is 1.28 bits per heavy atom. The summed E-state index contributed by atoms with van der Waals surface area (Å²) in [5.74, 6) is -0.0997. The van der Waals surface area contributed by atoms with Gasteiger partial charge in [-0.05, 0) is 12.0 Å². The van der Waals surface area contributed by atoms with Gasteiger partial charge in [-0.1, -0.05) is 5.21 Å². The number of aryl methyl sites for hydroxylation is 1. The average molecular weight is 346 g/mol. The minimum Gasteiger partial charge on any atom is -0.340 e. The maximum atomic E-state index is 12.5. The van der Waals surface area contributed by atoms with Gasteiger partial charge in [0.05, 0.1) is 18.9 Å². The number of hydrogen-bond donors (Lipinski definition) is 1. The standard InChI is InChI=1S/C16H26N8O/c1-21(6-3-14-11-18-22(2)12-14)16(25)15-13-24(20-19-15)10-9-23-7-4-17-5-8-23/h11-13,17H,3-10H2,1-2H3. The third-order valence-electron chi connectivity index (χ3n) is 4.45. The van der Waals surface area contributed by atoms with Crippen LogP contribution in [0, 0.1) is 0 Å². The number of hydrogen-bond acceptors (Lipinski definition) is 6. The highest BCUT2D eigenvalue weighted by Crippen LogP contribution is 2.03. The molecule has 1 fully saturated rings. The van der Waals surface area contributed by atoms with Crippen molar-refractivity contribution in [1.82, 2.24) is 39.9 Å². The van der Waals surface area contributed by atoms with Crippen molar-refractivity contribution in [3.8, 4) is 0 Å². The van der Waals surface area contributed by atoms with Crippen LogP contribution in [0.1, 0.15) is 16.1 Å². The SMILES string of the molecule is CN(CCc1cnn(C)c1)C(=O)c1cn(CCN2CCNCC2)nn1. The lowest BCUT2D eigenvalue weighted by molar-refractivity contribution is 0.0790. The fourth-order valence-corrected chi connectivity index (χ4v) is 2.88. The van der Waals surface area contributed by atoms with Crippen LogP contribution < -0.4 is 5.32 Å². The smallest absolute Gasteiger partial charge is 0.275 e. The van der Waals surface area contributed by atoms with Gasteiger partial charge in [-0.3, -0.25) is 19.1 Å². The minimum absolute atomic E-state index is 0.0997. The molecular weight excluding hydrogens is 320 g/mol. The fraction of sp³-hybridized carbons (Fsp3) is 0.625. The van der Waals surface area contributed by atoms with E-state index in [4.69, 9.17) is 0 Å². The monoisotopic (exact) mass is 346 g/mol. The van der Waals surface area contributed by atoms with Crippen LogP contribution in [0.25, 0.3) is 0 Å². The molecule has 2 aromatic rings. The van der Waals surface area contributed by atoms with E-state index in [2.05, 4.69) is 25.6 Å². The summed E-state index contributed by atoms with van der Waals surface area (Å²) in [5.41, 5.74) is 1.51. The van der Waals surface area contributed by atoms with Crippen LogP contribution in [0.5, 0.6) is 0 Å². The molecule has 0 radical (unpaired) electrons. The number of carbonyl (C=O) groups is 1. The zero-order valence-corrected chi connectivity index (χ0v) is 14.9. The van der Waals surface area contributed by atoms with Crippen molar-refractivity contribution in [2.24, 2.45) is 7.05 Å². The molecule has 1 saturated heterocycles. The summed E-state index contributed by atoms with van der Waals surface area (Å²) >= 11 is 0. The highest BCUT2D eigenvalue weighted by molar-refractivity contribution is 5.91. The van der Waals surface area contributed by atoms with Gasteiger partial charge in [0.25, 0.3) is 5.91 Å². The molecule has 0 bridgehead atoms. The topological polar surface area (TPSA) is 84.1 Å². The van der Waals surface area contributed by atoms with Crippen molar-refractivity contribution in [2.75, 3.05) is 46.3 Å². The molecule has 9 heteroatoms. The van der Waals surface area contributed by atoms with Gasteiger partial charge >= 0.3 is 0 Å². The van der Waals surface area contributed by atoms with E-state index in [9.17, 15) is 4.79 Å². The number of nitrogens with one attached hydrogen (secondary N) is 1. The predicted octanol–water partition coefficient (Wildman–Crippen LogP) is -0.768. The molecule has 0 aliphatic carbocycles. The Bertz CT molecular complexity index is 688. The van der Waals surface area contributed by atoms with Crippen molar-refractivity contribution < 1.29 is 4.79 Å². The highest BCUT2D eigenvalue weighted by atomic mass is 16.2. The minimum atomic E-state index is -0.0997. The second-order valence-corrected chi connectivity index (χ2v) is 6.46. The molecule has 0 unspecified atom stereocenters. The first kappa shape index (κ1) is 17.6. The molecule has 2 aromatic heterocycles. The van der Waals surface area contributed by atoms with Crippen molar-refractivity contribution in [3.05, 3.63) is 29.8 Å². The molecule has 0 atom stereocenters. The number of rotatable bonds is 7. The Morgan fingerprint density at radius 2 is 2.08 bits per heavy atom. The quantitative estimate of drug-likeness (QED) is 0.709. The van der Waals surface area contributed by atoms with E-state index >= 15 is 0 Å². The van der Waals surface area contributed by atoms with Crippen molar-refractivity contribution in [1.29, 1.82) is 0 Å². The van der Waals surface area contributed by atoms with Crippen LogP contribution >= 0.6 is 0 Å². The lowest BCUT2D eigenvalue weighted by atomic mass is 10.2. The molecule has 1 aliphatic heterocycles. The Hall–Kier alpha value is -2.26. The van der Waals surface area contributed by atoms with E-state index in [-0.39, 0.29) is 5.91 Å². The zero-order valence-electron chi connectivity index (χ0n) is 14.9. The number of carbonyl (C=O) groups excluding carboxylic acids is 1. The molecule has 136 valence electrons. The lowest BCUT2D eigenvalue weighted by Gasteiger charge is -2.26. The Kier molecular flexibility index (Phi) is 5.77. The second-order valence-electron chi connectivity index (χ2n) is 6.46.